The molecular weight excluding hydrogens is 418 g/mol. The first-order valence-corrected chi connectivity index (χ1v) is 10.7. The van der Waals surface area contributed by atoms with Crippen LogP contribution in [-0.4, -0.2) is 34.3 Å². The third kappa shape index (κ3) is 5.28. The zero-order chi connectivity index (χ0) is 23.2. The molecule has 5 N–H and O–H groups in total. The van der Waals surface area contributed by atoms with Crippen molar-refractivity contribution >= 4 is 22.5 Å². The quantitative estimate of drug-likeness (QED) is 0.287. The largest absolute Gasteiger partial charge is 0.506 e. The number of anilines is 1. The number of nitrogens with one attached hydrogen (secondary N) is 3. The maximum absolute atomic E-state index is 12.3. The molecule has 0 aliphatic carbocycles. The van der Waals surface area contributed by atoms with Crippen molar-refractivity contribution in [2.45, 2.75) is 12.5 Å². The summed E-state index contributed by atoms with van der Waals surface area (Å²) in [5.41, 5.74) is 3.25. The lowest BCUT2D eigenvalue weighted by Gasteiger charge is -2.19. The van der Waals surface area contributed by atoms with Crippen molar-refractivity contribution in [3.05, 3.63) is 106 Å². The van der Waals surface area contributed by atoms with Crippen molar-refractivity contribution < 1.29 is 15.0 Å². The molecule has 0 saturated heterocycles. The number of benzene rings is 3. The molecule has 1 amide bonds. The van der Waals surface area contributed by atoms with Gasteiger partial charge in [0, 0.05) is 22.7 Å². The Morgan fingerprint density at radius 2 is 1.70 bits per heavy atom. The van der Waals surface area contributed by atoms with Crippen LogP contribution >= 0.6 is 0 Å². The van der Waals surface area contributed by atoms with Crippen LogP contribution < -0.4 is 16.2 Å². The van der Waals surface area contributed by atoms with E-state index in [1.807, 2.05) is 42.5 Å². The number of aliphatic hydroxyl groups excluding tert-OH is 1. The third-order valence-electron chi connectivity index (χ3n) is 5.52. The van der Waals surface area contributed by atoms with Gasteiger partial charge in [0.2, 0.25) is 5.56 Å². The number of aromatic nitrogens is 1. The number of aliphatic hydroxyl groups is 1. The van der Waals surface area contributed by atoms with Crippen LogP contribution in [0.15, 0.2) is 83.7 Å². The summed E-state index contributed by atoms with van der Waals surface area (Å²) in [6.07, 6.45) is 0.719. The van der Waals surface area contributed by atoms with E-state index in [4.69, 9.17) is 0 Å². The Kier molecular flexibility index (Phi) is 6.83. The maximum Gasteiger partial charge on any atom is 0.255 e. The molecular formula is C26H25N3O4. The highest BCUT2D eigenvalue weighted by molar-refractivity contribution is 6.04. The normalized spacial score (nSPS) is 11.9. The molecule has 4 rings (SSSR count). The summed E-state index contributed by atoms with van der Waals surface area (Å²) >= 11 is 0. The molecule has 0 bridgehead atoms. The molecule has 1 atom stereocenters. The number of carbonyl (C=O) groups is 1. The van der Waals surface area contributed by atoms with Gasteiger partial charge in [0.05, 0.1) is 18.2 Å². The van der Waals surface area contributed by atoms with Crippen LogP contribution in [0.25, 0.3) is 10.9 Å². The number of H-pyrrole nitrogens is 1. The lowest BCUT2D eigenvalue weighted by atomic mass is 10.0. The van der Waals surface area contributed by atoms with Crippen LogP contribution in [0.1, 0.15) is 27.5 Å². The Morgan fingerprint density at radius 3 is 2.42 bits per heavy atom. The van der Waals surface area contributed by atoms with Gasteiger partial charge in [-0.25, -0.2) is 0 Å². The molecule has 0 spiro atoms. The first kappa shape index (κ1) is 22.3. The number of hydrogen-bond acceptors (Lipinski definition) is 5. The molecule has 1 heterocycles. The summed E-state index contributed by atoms with van der Waals surface area (Å²) in [6.45, 7) is 0.468. The number of phenols is 1. The third-order valence-corrected chi connectivity index (χ3v) is 5.52. The lowest BCUT2D eigenvalue weighted by Crippen LogP contribution is -2.27. The molecule has 0 aliphatic rings. The number of phenolic OH excluding ortho intramolecular Hbond substituents is 1. The van der Waals surface area contributed by atoms with E-state index in [1.165, 1.54) is 12.1 Å². The van der Waals surface area contributed by atoms with Crippen molar-refractivity contribution in [1.82, 2.24) is 10.3 Å². The van der Waals surface area contributed by atoms with E-state index in [2.05, 4.69) is 15.6 Å². The lowest BCUT2D eigenvalue weighted by molar-refractivity contribution is 0.102. The van der Waals surface area contributed by atoms with Crippen LogP contribution in [0.3, 0.4) is 0 Å². The van der Waals surface area contributed by atoms with Gasteiger partial charge < -0.3 is 25.8 Å². The Balaban J connectivity index is 1.38. The number of aromatic hydroxyl groups is 1. The number of fused-ring (bicyclic) bond motifs is 1. The minimum atomic E-state index is -0.358. The molecule has 4 aromatic rings. The van der Waals surface area contributed by atoms with Crippen LogP contribution in [0.5, 0.6) is 5.75 Å². The van der Waals surface area contributed by atoms with Crippen LogP contribution in [0, 0.1) is 0 Å². The second-order valence-electron chi connectivity index (χ2n) is 7.74. The second kappa shape index (κ2) is 10.1. The SMILES string of the molecule is O=C(Nc1ccc(CCNC(CO)c2ccc(O)c3[nH]c(=O)ccc23)cc1)c1ccccc1. The van der Waals surface area contributed by atoms with Crippen LogP contribution in [-0.2, 0) is 6.42 Å². The summed E-state index contributed by atoms with van der Waals surface area (Å²) in [4.78, 5) is 26.5. The Morgan fingerprint density at radius 1 is 0.939 bits per heavy atom. The Bertz CT molecular complexity index is 1300. The molecule has 7 heteroatoms. The number of carbonyl (C=O) groups excluding carboxylic acids is 1. The zero-order valence-corrected chi connectivity index (χ0v) is 17.9. The van der Waals surface area contributed by atoms with Crippen molar-refractivity contribution in [1.29, 1.82) is 0 Å². The van der Waals surface area contributed by atoms with Gasteiger partial charge in [-0.05, 0) is 60.5 Å². The molecule has 168 valence electrons. The van der Waals surface area contributed by atoms with E-state index in [0.29, 0.717) is 23.0 Å². The molecule has 0 fully saturated rings. The van der Waals surface area contributed by atoms with Gasteiger partial charge in [-0.15, -0.1) is 0 Å². The van der Waals surface area contributed by atoms with Gasteiger partial charge in [-0.3, -0.25) is 9.59 Å². The fourth-order valence-corrected chi connectivity index (χ4v) is 3.77. The van der Waals surface area contributed by atoms with E-state index in [-0.39, 0.29) is 29.9 Å². The summed E-state index contributed by atoms with van der Waals surface area (Å²) in [5, 5.41) is 26.9. The van der Waals surface area contributed by atoms with Gasteiger partial charge >= 0.3 is 0 Å². The monoisotopic (exact) mass is 443 g/mol. The summed E-state index contributed by atoms with van der Waals surface area (Å²) < 4.78 is 0. The summed E-state index contributed by atoms with van der Waals surface area (Å²) in [5.74, 6) is -0.166. The molecule has 0 radical (unpaired) electrons. The predicted molar refractivity (Wildman–Crippen MR) is 129 cm³/mol. The minimum absolute atomic E-state index is 0.0115. The van der Waals surface area contributed by atoms with Crippen molar-refractivity contribution in [2.24, 2.45) is 0 Å². The summed E-state index contributed by atoms with van der Waals surface area (Å²) in [7, 11) is 0. The van der Waals surface area contributed by atoms with E-state index >= 15 is 0 Å². The fraction of sp³-hybridized carbons (Fsp3) is 0.154. The maximum atomic E-state index is 12.3. The molecule has 3 aromatic carbocycles. The van der Waals surface area contributed by atoms with Gasteiger partial charge in [0.1, 0.15) is 5.75 Å². The van der Waals surface area contributed by atoms with Crippen molar-refractivity contribution in [3.8, 4) is 5.75 Å². The average molecular weight is 444 g/mol. The second-order valence-corrected chi connectivity index (χ2v) is 7.74. The molecule has 7 nitrogen and oxygen atoms in total. The van der Waals surface area contributed by atoms with Crippen molar-refractivity contribution in [3.63, 3.8) is 0 Å². The highest BCUT2D eigenvalue weighted by Crippen LogP contribution is 2.28. The van der Waals surface area contributed by atoms with E-state index in [0.717, 1.165) is 23.2 Å². The summed E-state index contributed by atoms with van der Waals surface area (Å²) in [6, 6.07) is 22.6. The predicted octanol–water partition coefficient (Wildman–Crippen LogP) is 3.35. The first-order chi connectivity index (χ1) is 16.0. The highest BCUT2D eigenvalue weighted by Gasteiger charge is 2.15. The Hall–Kier alpha value is -3.94. The van der Waals surface area contributed by atoms with Crippen LogP contribution in [0.2, 0.25) is 0 Å². The molecule has 0 aliphatic heterocycles. The number of aromatic amines is 1. The van der Waals surface area contributed by atoms with Gasteiger partial charge in [-0.1, -0.05) is 36.4 Å². The van der Waals surface area contributed by atoms with Gasteiger partial charge in [-0.2, -0.15) is 0 Å². The fourth-order valence-electron chi connectivity index (χ4n) is 3.77. The van der Waals surface area contributed by atoms with E-state index in [1.54, 1.807) is 24.3 Å². The molecule has 1 unspecified atom stereocenters. The zero-order valence-electron chi connectivity index (χ0n) is 17.9. The Labute approximate surface area is 190 Å². The number of amides is 1. The van der Waals surface area contributed by atoms with Crippen LogP contribution in [0.4, 0.5) is 5.69 Å². The number of rotatable bonds is 8. The van der Waals surface area contributed by atoms with Crippen molar-refractivity contribution in [2.75, 3.05) is 18.5 Å². The minimum Gasteiger partial charge on any atom is -0.506 e. The highest BCUT2D eigenvalue weighted by atomic mass is 16.3. The molecule has 1 aromatic heterocycles. The van der Waals surface area contributed by atoms with E-state index in [9.17, 15) is 19.8 Å². The molecule has 0 saturated carbocycles. The first-order valence-electron chi connectivity index (χ1n) is 10.7. The standard InChI is InChI=1S/C26H25N3O4/c30-16-22(20-10-12-23(31)25-21(20)11-13-24(32)29-25)27-15-14-17-6-8-19(9-7-17)28-26(33)18-4-2-1-3-5-18/h1-13,22,27,30-31H,14-16H2,(H,28,33)(H,29,32). The smallest absolute Gasteiger partial charge is 0.255 e. The van der Waals surface area contributed by atoms with Gasteiger partial charge in [0.25, 0.3) is 5.91 Å². The van der Waals surface area contributed by atoms with Gasteiger partial charge in [0.15, 0.2) is 0 Å². The average Bonchev–Trinajstić information content (AvgIpc) is 2.84. The van der Waals surface area contributed by atoms with E-state index < -0.39 is 0 Å². The topological polar surface area (TPSA) is 114 Å². The number of pyridine rings is 1. The molecule has 33 heavy (non-hydrogen) atoms. The number of hydrogen-bond donors (Lipinski definition) is 5.